The van der Waals surface area contributed by atoms with Crippen LogP contribution in [0.15, 0.2) is 212 Å². The van der Waals surface area contributed by atoms with E-state index in [2.05, 4.69) is 255 Å². The second-order valence-corrected chi connectivity index (χ2v) is 15.9. The van der Waals surface area contributed by atoms with Gasteiger partial charge in [0.2, 0.25) is 0 Å². The topological polar surface area (TPSA) is 6.48 Å². The van der Waals surface area contributed by atoms with Crippen LogP contribution in [-0.4, -0.2) is 0 Å². The number of fused-ring (bicyclic) bond motifs is 3. The number of rotatable bonds is 9. The Hall–Kier alpha value is -7.16. The van der Waals surface area contributed by atoms with Crippen LogP contribution in [0.4, 0.5) is 34.1 Å². The minimum absolute atomic E-state index is 0.0763. The normalized spacial score (nSPS) is 11.6. The maximum absolute atomic E-state index is 2.40. The lowest BCUT2D eigenvalue weighted by atomic mass is 9.87. The van der Waals surface area contributed by atoms with Gasteiger partial charge >= 0.3 is 0 Å². The summed E-state index contributed by atoms with van der Waals surface area (Å²) in [5, 5.41) is 4.98. The van der Waals surface area contributed by atoms with Gasteiger partial charge in [0.25, 0.3) is 0 Å². The minimum Gasteiger partial charge on any atom is -0.311 e. The molecule has 0 aliphatic heterocycles. The summed E-state index contributed by atoms with van der Waals surface area (Å²) in [6, 6.07) is 76.5. The molecular weight excluding hydrogens is 701 g/mol. The van der Waals surface area contributed by atoms with Crippen LogP contribution < -0.4 is 9.80 Å². The fourth-order valence-corrected chi connectivity index (χ4v) is 7.88. The third-order valence-corrected chi connectivity index (χ3v) is 11.0. The third-order valence-electron chi connectivity index (χ3n) is 11.0. The Morgan fingerprint density at radius 3 is 1.29 bits per heavy atom. The number of anilines is 6. The van der Waals surface area contributed by atoms with Gasteiger partial charge in [-0.1, -0.05) is 179 Å². The van der Waals surface area contributed by atoms with Crippen LogP contribution in [0.3, 0.4) is 0 Å². The van der Waals surface area contributed by atoms with Crippen LogP contribution >= 0.6 is 0 Å². The molecule has 0 amide bonds. The number of benzene rings is 9. The molecule has 0 bridgehead atoms. The van der Waals surface area contributed by atoms with Gasteiger partial charge in [0.15, 0.2) is 0 Å². The first kappa shape index (κ1) is 36.5. The van der Waals surface area contributed by atoms with Crippen LogP contribution in [0.25, 0.3) is 44.8 Å². The molecule has 9 aromatic rings. The van der Waals surface area contributed by atoms with Crippen LogP contribution in [0.1, 0.15) is 37.5 Å². The van der Waals surface area contributed by atoms with Gasteiger partial charge in [-0.2, -0.15) is 0 Å². The van der Waals surface area contributed by atoms with E-state index in [1.165, 1.54) is 43.9 Å². The second-order valence-electron chi connectivity index (χ2n) is 15.9. The van der Waals surface area contributed by atoms with Gasteiger partial charge in [0.1, 0.15) is 0 Å². The van der Waals surface area contributed by atoms with Crippen LogP contribution in [0, 0.1) is 0 Å². The van der Waals surface area contributed by atoms with E-state index >= 15 is 0 Å². The number of para-hydroxylation sites is 2. The highest BCUT2D eigenvalue weighted by molar-refractivity contribution is 6.14. The fraction of sp³-hybridized carbons (Fsp3) is 0.0714. The van der Waals surface area contributed by atoms with E-state index in [0.717, 1.165) is 39.6 Å². The SMILES string of the molecule is CC(C)(C)c1ccc(N(c2ccc(/C=C/c3ccc(-c4ccc(N(c5ccccc5)c5ccccc5)cc4)cc3)cc2)c2cc3ccccc3c3ccccc23)cc1. The van der Waals surface area contributed by atoms with Gasteiger partial charge in [-0.05, 0) is 116 Å². The van der Waals surface area contributed by atoms with Crippen molar-refractivity contribution in [1.82, 2.24) is 0 Å². The molecule has 0 unspecified atom stereocenters. The molecule has 0 radical (unpaired) electrons. The molecular formula is C56H46N2. The highest BCUT2D eigenvalue weighted by atomic mass is 15.1. The molecule has 0 N–H and O–H groups in total. The summed E-state index contributed by atoms with van der Waals surface area (Å²) < 4.78 is 0. The maximum atomic E-state index is 2.40. The molecule has 0 aliphatic carbocycles. The quantitative estimate of drug-likeness (QED) is 0.107. The molecule has 58 heavy (non-hydrogen) atoms. The lowest BCUT2D eigenvalue weighted by molar-refractivity contribution is 0.590. The van der Waals surface area contributed by atoms with Gasteiger partial charge in [-0.3, -0.25) is 0 Å². The first-order valence-electron chi connectivity index (χ1n) is 20.1. The molecule has 0 fully saturated rings. The molecule has 2 heteroatoms. The Morgan fingerprint density at radius 1 is 0.345 bits per heavy atom. The van der Waals surface area contributed by atoms with E-state index in [0.29, 0.717) is 0 Å². The number of hydrogen-bond donors (Lipinski definition) is 0. The van der Waals surface area contributed by atoms with E-state index in [-0.39, 0.29) is 5.41 Å². The van der Waals surface area contributed by atoms with Crippen molar-refractivity contribution in [2.24, 2.45) is 0 Å². The van der Waals surface area contributed by atoms with E-state index in [4.69, 9.17) is 0 Å². The minimum atomic E-state index is 0.0763. The van der Waals surface area contributed by atoms with Gasteiger partial charge in [0, 0.05) is 33.8 Å². The molecule has 0 spiro atoms. The van der Waals surface area contributed by atoms with Crippen molar-refractivity contribution in [2.45, 2.75) is 26.2 Å². The lowest BCUT2D eigenvalue weighted by Gasteiger charge is -2.28. The molecule has 0 aliphatic rings. The first-order valence-corrected chi connectivity index (χ1v) is 20.1. The fourth-order valence-electron chi connectivity index (χ4n) is 7.88. The number of hydrogen-bond acceptors (Lipinski definition) is 2. The summed E-state index contributed by atoms with van der Waals surface area (Å²) in [4.78, 5) is 4.69. The maximum Gasteiger partial charge on any atom is 0.0546 e. The molecule has 2 nitrogen and oxygen atoms in total. The lowest BCUT2D eigenvalue weighted by Crippen LogP contribution is -2.13. The summed E-state index contributed by atoms with van der Waals surface area (Å²) in [5.74, 6) is 0. The van der Waals surface area contributed by atoms with Crippen molar-refractivity contribution in [3.05, 3.63) is 229 Å². The molecule has 9 rings (SSSR count). The Labute approximate surface area is 342 Å². The van der Waals surface area contributed by atoms with Crippen LogP contribution in [0.5, 0.6) is 0 Å². The molecule has 0 aromatic heterocycles. The van der Waals surface area contributed by atoms with Crippen LogP contribution in [-0.2, 0) is 5.41 Å². The standard InChI is InChI=1S/C56H46N2/c1-56(2,3)46-32-38-51(39-33-46)58(55-40-45-14-10-11-19-52(45)53-20-12-13-21-54(53)55)50-34-26-42(27-35-50)23-22-41-24-28-43(29-25-41)44-30-36-49(37-31-44)57(47-15-6-4-7-16-47)48-17-8-5-9-18-48/h4-40H,1-3H3/b23-22+. The Bertz CT molecular complexity index is 2780. The van der Waals surface area contributed by atoms with E-state index in [1.807, 2.05) is 0 Å². The van der Waals surface area contributed by atoms with Gasteiger partial charge in [-0.15, -0.1) is 0 Å². The molecule has 9 aromatic carbocycles. The van der Waals surface area contributed by atoms with Crippen molar-refractivity contribution >= 4 is 67.8 Å². The van der Waals surface area contributed by atoms with Gasteiger partial charge in [-0.25, -0.2) is 0 Å². The van der Waals surface area contributed by atoms with E-state index in [9.17, 15) is 0 Å². The van der Waals surface area contributed by atoms with Crippen molar-refractivity contribution in [3.63, 3.8) is 0 Å². The zero-order chi connectivity index (χ0) is 39.5. The highest BCUT2D eigenvalue weighted by Gasteiger charge is 2.19. The molecule has 0 saturated heterocycles. The Balaban J connectivity index is 0.975. The summed E-state index contributed by atoms with van der Waals surface area (Å²) in [6.07, 6.45) is 4.39. The number of nitrogens with zero attached hydrogens (tertiary/aromatic N) is 2. The van der Waals surface area contributed by atoms with Crippen LogP contribution in [0.2, 0.25) is 0 Å². The smallest absolute Gasteiger partial charge is 0.0546 e. The average Bonchev–Trinajstić information content (AvgIpc) is 3.27. The summed E-state index contributed by atoms with van der Waals surface area (Å²) in [5.41, 5.74) is 12.9. The van der Waals surface area contributed by atoms with Gasteiger partial charge in [0.05, 0.1) is 5.69 Å². The third kappa shape index (κ3) is 7.53. The molecule has 0 saturated carbocycles. The van der Waals surface area contributed by atoms with E-state index in [1.54, 1.807) is 0 Å². The summed E-state index contributed by atoms with van der Waals surface area (Å²) >= 11 is 0. The summed E-state index contributed by atoms with van der Waals surface area (Å²) in [7, 11) is 0. The van der Waals surface area contributed by atoms with Gasteiger partial charge < -0.3 is 9.80 Å². The summed E-state index contributed by atoms with van der Waals surface area (Å²) in [6.45, 7) is 6.80. The zero-order valence-electron chi connectivity index (χ0n) is 33.3. The largest absolute Gasteiger partial charge is 0.311 e. The average molecular weight is 747 g/mol. The molecule has 0 heterocycles. The molecule has 280 valence electrons. The van der Waals surface area contributed by atoms with Crippen molar-refractivity contribution < 1.29 is 0 Å². The Kier molecular flexibility index (Phi) is 9.91. The van der Waals surface area contributed by atoms with Crippen molar-refractivity contribution in [2.75, 3.05) is 9.80 Å². The first-order chi connectivity index (χ1) is 28.4. The highest BCUT2D eigenvalue weighted by Crippen LogP contribution is 2.43. The second kappa shape index (κ2) is 15.8. The van der Waals surface area contributed by atoms with Crippen molar-refractivity contribution in [3.8, 4) is 11.1 Å². The zero-order valence-corrected chi connectivity index (χ0v) is 33.3. The predicted octanol–water partition coefficient (Wildman–Crippen LogP) is 16.1. The molecule has 0 atom stereocenters. The van der Waals surface area contributed by atoms with E-state index < -0.39 is 0 Å². The predicted molar refractivity (Wildman–Crippen MR) is 250 cm³/mol. The monoisotopic (exact) mass is 746 g/mol. The van der Waals surface area contributed by atoms with Crippen molar-refractivity contribution in [1.29, 1.82) is 0 Å². The Morgan fingerprint density at radius 2 is 0.741 bits per heavy atom.